The Morgan fingerprint density at radius 3 is 1.41 bits per heavy atom. The van der Waals surface area contributed by atoms with E-state index in [4.69, 9.17) is 19.8 Å². The van der Waals surface area contributed by atoms with E-state index in [-0.39, 0.29) is 11.6 Å². The molecule has 156 valence electrons. The summed E-state index contributed by atoms with van der Waals surface area (Å²) in [6.45, 7) is 4.45. The van der Waals surface area contributed by atoms with Crippen LogP contribution in [0.4, 0.5) is 0 Å². The van der Waals surface area contributed by atoms with Gasteiger partial charge in [-0.15, -0.1) is 0 Å². The summed E-state index contributed by atoms with van der Waals surface area (Å²) in [7, 11) is 0. The van der Waals surface area contributed by atoms with Gasteiger partial charge in [0, 0.05) is 9.93 Å². The number of para-hydroxylation sites is 3. The van der Waals surface area contributed by atoms with Gasteiger partial charge in [-0.05, 0) is 50.2 Å². The Labute approximate surface area is 170 Å². The van der Waals surface area contributed by atoms with Crippen LogP contribution < -0.4 is 9.47 Å². The maximum Gasteiger partial charge on any atom is 0.298 e. The molecule has 0 spiro atoms. The van der Waals surface area contributed by atoms with Gasteiger partial charge < -0.3 is 20.1 Å². The van der Waals surface area contributed by atoms with E-state index < -0.39 is 0 Å². The van der Waals surface area contributed by atoms with Crippen LogP contribution in [0.1, 0.15) is 13.8 Å². The molecule has 0 heterocycles. The predicted molar refractivity (Wildman–Crippen MR) is 114 cm³/mol. The zero-order valence-electron chi connectivity index (χ0n) is 16.3. The lowest BCUT2D eigenvalue weighted by molar-refractivity contribution is -0.120. The van der Waals surface area contributed by atoms with Crippen LogP contribution in [0.5, 0.6) is 17.2 Å². The number of benzene rings is 3. The van der Waals surface area contributed by atoms with Crippen molar-refractivity contribution in [1.82, 2.24) is 0 Å². The van der Waals surface area contributed by atoms with E-state index >= 15 is 0 Å². The van der Waals surface area contributed by atoms with Crippen LogP contribution in [0, 0.1) is 9.93 Å². The molecule has 0 radical (unpaired) electrons. The van der Waals surface area contributed by atoms with Gasteiger partial charge in [0.15, 0.2) is 0 Å². The van der Waals surface area contributed by atoms with Crippen molar-refractivity contribution in [3.05, 3.63) is 101 Å². The van der Waals surface area contributed by atoms with Gasteiger partial charge in [0.2, 0.25) is 0 Å². The monoisotopic (exact) mass is 402 g/mol. The molecule has 3 N–H and O–H groups in total. The van der Waals surface area contributed by atoms with Gasteiger partial charge >= 0.3 is 0 Å². The quantitative estimate of drug-likeness (QED) is 0.648. The summed E-state index contributed by atoms with van der Waals surface area (Å²) in [6.07, 6.45) is 0.266. The predicted octanol–water partition coefficient (Wildman–Crippen LogP) is 4.33. The van der Waals surface area contributed by atoms with E-state index in [0.717, 1.165) is 5.75 Å². The van der Waals surface area contributed by atoms with E-state index in [1.807, 2.05) is 56.3 Å². The molecule has 0 unspecified atom stereocenters. The van der Waals surface area contributed by atoms with Crippen molar-refractivity contribution in [2.24, 2.45) is 0 Å². The average Bonchev–Trinajstić information content (AvgIpc) is 2.72. The fourth-order valence-corrected chi connectivity index (χ4v) is 1.75. The number of aromatic hydroxyl groups is 1. The second-order valence-electron chi connectivity index (χ2n) is 5.34. The number of rotatable bonds is 4. The van der Waals surface area contributed by atoms with Crippen LogP contribution in [-0.4, -0.2) is 23.2 Å². The number of carbonyl (C=O) groups is 1. The Bertz CT molecular complexity index is 720. The first kappa shape index (κ1) is 27.5. The Morgan fingerprint density at radius 1 is 0.724 bits per heavy atom. The Kier molecular flexibility index (Phi) is 18.1. The molecular weight excluding hydrogens is 376 g/mol. The molecule has 0 atom stereocenters. The lowest BCUT2D eigenvalue weighted by Gasteiger charge is -2.07. The van der Waals surface area contributed by atoms with Gasteiger partial charge in [-0.3, -0.25) is 4.79 Å². The van der Waals surface area contributed by atoms with E-state index in [1.165, 1.54) is 0 Å². The largest absolute Gasteiger partial charge is 0.508 e. The van der Waals surface area contributed by atoms with Crippen LogP contribution in [-0.2, 0) is 4.79 Å². The normalized spacial score (nSPS) is 8.24. The molecule has 29 heavy (non-hydrogen) atoms. The van der Waals surface area contributed by atoms with Crippen molar-refractivity contribution in [2.75, 3.05) is 0 Å². The summed E-state index contributed by atoms with van der Waals surface area (Å²) < 4.78 is 9.94. The van der Waals surface area contributed by atoms with Gasteiger partial charge in [0.25, 0.3) is 6.47 Å². The molecular formula is C22H26O7. The Hall–Kier alpha value is -3.71. The van der Waals surface area contributed by atoms with E-state index in [0.29, 0.717) is 18.0 Å². The molecule has 0 aromatic heterocycles. The van der Waals surface area contributed by atoms with Crippen molar-refractivity contribution in [3.8, 4) is 17.2 Å². The molecule has 7 heteroatoms. The summed E-state index contributed by atoms with van der Waals surface area (Å²) in [6, 6.07) is 27.4. The van der Waals surface area contributed by atoms with Gasteiger partial charge in [0.1, 0.15) is 17.2 Å². The number of hydrogen-bond acceptors (Lipinski definition) is 6. The maximum atomic E-state index is 9.75. The molecule has 3 rings (SSSR count). The smallest absolute Gasteiger partial charge is 0.298 e. The summed E-state index contributed by atoms with van der Waals surface area (Å²) in [5.74, 6) is 1.84. The standard InChI is InChI=1S/C9H12O.C7H6O2.C6H6O.O2.H2O/c1-8(2)10-9-6-4-3-5-7-9;8-6-9-7-4-2-1-3-5-7;7-6-4-2-1-3-5-6;1-2;/h3-8H,1-2H3;1-6H;1-5,7H;;1H2. The molecule has 0 saturated carbocycles. The van der Waals surface area contributed by atoms with E-state index in [1.54, 1.807) is 48.5 Å². The van der Waals surface area contributed by atoms with Gasteiger partial charge in [-0.2, -0.15) is 0 Å². The Balaban J connectivity index is 0. The third-order valence-electron chi connectivity index (χ3n) is 2.80. The first-order chi connectivity index (χ1) is 13.6. The first-order valence-electron chi connectivity index (χ1n) is 8.39. The molecule has 3 aromatic carbocycles. The van der Waals surface area contributed by atoms with Crippen molar-refractivity contribution >= 4 is 6.47 Å². The second-order valence-corrected chi connectivity index (χ2v) is 5.34. The minimum atomic E-state index is 0. The highest BCUT2D eigenvalue weighted by Gasteiger charge is 1.93. The minimum absolute atomic E-state index is 0. The second kappa shape index (κ2) is 19.1. The van der Waals surface area contributed by atoms with Crippen LogP contribution >= 0.6 is 0 Å². The SMILES string of the molecule is CC(C)Oc1ccccc1.O.O=COc1ccccc1.O=O.Oc1ccccc1. The molecule has 0 aliphatic rings. The summed E-state index contributed by atoms with van der Waals surface area (Å²) in [4.78, 5) is 23.8. The number of phenols is 1. The van der Waals surface area contributed by atoms with E-state index in [2.05, 4.69) is 4.74 Å². The zero-order chi connectivity index (χ0) is 21.0. The summed E-state index contributed by atoms with van der Waals surface area (Å²) in [5.41, 5.74) is 0. The molecule has 0 fully saturated rings. The fourth-order valence-electron chi connectivity index (χ4n) is 1.75. The molecule has 7 nitrogen and oxygen atoms in total. The maximum absolute atomic E-state index is 9.75. The van der Waals surface area contributed by atoms with Crippen molar-refractivity contribution in [1.29, 1.82) is 0 Å². The minimum Gasteiger partial charge on any atom is -0.508 e. The topological polar surface area (TPSA) is 121 Å². The molecule has 0 bridgehead atoms. The third kappa shape index (κ3) is 16.2. The van der Waals surface area contributed by atoms with Crippen molar-refractivity contribution < 1.29 is 24.9 Å². The molecule has 0 amide bonds. The van der Waals surface area contributed by atoms with Gasteiger partial charge in [0.05, 0.1) is 6.10 Å². The number of hydrogen-bond donors (Lipinski definition) is 1. The highest BCUT2D eigenvalue weighted by molar-refractivity contribution is 5.44. The van der Waals surface area contributed by atoms with Crippen molar-refractivity contribution in [3.63, 3.8) is 0 Å². The average molecular weight is 402 g/mol. The molecule has 0 saturated heterocycles. The summed E-state index contributed by atoms with van der Waals surface area (Å²) in [5, 5.41) is 8.63. The Morgan fingerprint density at radius 2 is 1.10 bits per heavy atom. The number of ether oxygens (including phenoxy) is 2. The van der Waals surface area contributed by atoms with Gasteiger partial charge in [-0.25, -0.2) is 0 Å². The lowest BCUT2D eigenvalue weighted by Crippen LogP contribution is -2.04. The zero-order valence-corrected chi connectivity index (χ0v) is 16.3. The summed E-state index contributed by atoms with van der Waals surface area (Å²) >= 11 is 0. The lowest BCUT2D eigenvalue weighted by atomic mass is 10.3. The van der Waals surface area contributed by atoms with Crippen LogP contribution in [0.25, 0.3) is 0 Å². The molecule has 0 aliphatic carbocycles. The first-order valence-corrected chi connectivity index (χ1v) is 8.39. The molecule has 0 aliphatic heterocycles. The third-order valence-corrected chi connectivity index (χ3v) is 2.80. The van der Waals surface area contributed by atoms with Crippen LogP contribution in [0.15, 0.2) is 91.0 Å². The highest BCUT2D eigenvalue weighted by atomic mass is 16.7. The van der Waals surface area contributed by atoms with Gasteiger partial charge in [-0.1, -0.05) is 54.6 Å². The van der Waals surface area contributed by atoms with Crippen molar-refractivity contribution in [2.45, 2.75) is 20.0 Å². The number of phenolic OH excluding ortho intramolecular Hbond substituents is 1. The highest BCUT2D eigenvalue weighted by Crippen LogP contribution is 2.09. The van der Waals surface area contributed by atoms with Crippen LogP contribution in [0.3, 0.4) is 0 Å². The van der Waals surface area contributed by atoms with E-state index in [9.17, 15) is 4.79 Å². The fraction of sp³-hybridized carbons (Fsp3) is 0.136. The van der Waals surface area contributed by atoms with Crippen LogP contribution in [0.2, 0.25) is 0 Å². The number of carbonyl (C=O) groups excluding carboxylic acids is 1. The molecule has 3 aromatic rings.